The normalized spacial score (nSPS) is 12.8. The van der Waals surface area contributed by atoms with Crippen molar-refractivity contribution >= 4 is 15.9 Å². The van der Waals surface area contributed by atoms with Crippen LogP contribution in [0.5, 0.6) is 0 Å². The number of halogens is 1. The maximum absolute atomic E-state index is 11.5. The van der Waals surface area contributed by atoms with Gasteiger partial charge in [-0.15, -0.1) is 0 Å². The Labute approximate surface area is 91.8 Å². The molecular weight excluding hydrogens is 246 g/mol. The van der Waals surface area contributed by atoms with Crippen LogP contribution in [-0.2, 0) is 11.3 Å². The zero-order valence-corrected chi connectivity index (χ0v) is 9.95. The largest absolute Gasteiger partial charge is 0.384 e. The van der Waals surface area contributed by atoms with Gasteiger partial charge in [0.05, 0.1) is 6.61 Å². The highest BCUT2D eigenvalue weighted by Gasteiger charge is 2.03. The van der Waals surface area contributed by atoms with E-state index in [4.69, 9.17) is 4.74 Å². The fourth-order valence-corrected chi connectivity index (χ4v) is 1.62. The van der Waals surface area contributed by atoms with Gasteiger partial charge in [-0.2, -0.15) is 0 Å². The van der Waals surface area contributed by atoms with Gasteiger partial charge < -0.3 is 9.30 Å². The van der Waals surface area contributed by atoms with E-state index >= 15 is 0 Å². The molecule has 4 heteroatoms. The van der Waals surface area contributed by atoms with Gasteiger partial charge in [-0.05, 0) is 12.0 Å². The van der Waals surface area contributed by atoms with Crippen LogP contribution in [0, 0.1) is 5.92 Å². The highest BCUT2D eigenvalue weighted by molar-refractivity contribution is 9.10. The van der Waals surface area contributed by atoms with Gasteiger partial charge in [0.1, 0.15) is 0 Å². The summed E-state index contributed by atoms with van der Waals surface area (Å²) in [5.41, 5.74) is 0.0160. The van der Waals surface area contributed by atoms with E-state index in [1.165, 1.54) is 0 Å². The summed E-state index contributed by atoms with van der Waals surface area (Å²) < 4.78 is 7.52. The van der Waals surface area contributed by atoms with Crippen molar-refractivity contribution in [2.45, 2.75) is 13.5 Å². The lowest BCUT2D eigenvalue weighted by Crippen LogP contribution is -2.23. The maximum atomic E-state index is 11.5. The number of nitrogens with zero attached hydrogens (tertiary/aromatic N) is 1. The van der Waals surface area contributed by atoms with Crippen molar-refractivity contribution in [1.29, 1.82) is 0 Å². The summed E-state index contributed by atoms with van der Waals surface area (Å²) in [7, 11) is 1.67. The zero-order chi connectivity index (χ0) is 10.6. The zero-order valence-electron chi connectivity index (χ0n) is 8.37. The third-order valence-electron chi connectivity index (χ3n) is 1.92. The van der Waals surface area contributed by atoms with E-state index in [2.05, 4.69) is 22.9 Å². The van der Waals surface area contributed by atoms with E-state index in [0.717, 1.165) is 4.47 Å². The molecule has 1 heterocycles. The SMILES string of the molecule is COCC(C)Cn1ccc(Br)cc1=O. The smallest absolute Gasteiger partial charge is 0.251 e. The quantitative estimate of drug-likeness (QED) is 0.827. The van der Waals surface area contributed by atoms with Crippen molar-refractivity contribution in [1.82, 2.24) is 4.57 Å². The van der Waals surface area contributed by atoms with Crippen LogP contribution in [0.25, 0.3) is 0 Å². The summed E-state index contributed by atoms with van der Waals surface area (Å²) >= 11 is 3.26. The fourth-order valence-electron chi connectivity index (χ4n) is 1.31. The Morgan fingerprint density at radius 1 is 1.64 bits per heavy atom. The van der Waals surface area contributed by atoms with Crippen LogP contribution in [0.3, 0.4) is 0 Å². The molecule has 1 aromatic heterocycles. The van der Waals surface area contributed by atoms with E-state index in [9.17, 15) is 4.79 Å². The number of methoxy groups -OCH3 is 1. The summed E-state index contributed by atoms with van der Waals surface area (Å²) in [5.74, 6) is 0.346. The lowest BCUT2D eigenvalue weighted by atomic mass is 10.2. The van der Waals surface area contributed by atoms with Crippen LogP contribution < -0.4 is 5.56 Å². The van der Waals surface area contributed by atoms with Crippen LogP contribution in [0.4, 0.5) is 0 Å². The molecular formula is C10H14BrNO2. The Kier molecular flexibility index (Phi) is 4.35. The Hall–Kier alpha value is -0.610. The van der Waals surface area contributed by atoms with Gasteiger partial charge in [-0.25, -0.2) is 0 Å². The second kappa shape index (κ2) is 5.32. The first-order valence-electron chi connectivity index (χ1n) is 4.48. The highest BCUT2D eigenvalue weighted by atomic mass is 79.9. The minimum absolute atomic E-state index is 0.0160. The predicted molar refractivity (Wildman–Crippen MR) is 59.4 cm³/mol. The molecule has 0 aromatic carbocycles. The summed E-state index contributed by atoms with van der Waals surface area (Å²) in [6, 6.07) is 3.43. The molecule has 1 atom stereocenters. The molecule has 0 saturated carbocycles. The Morgan fingerprint density at radius 3 is 2.93 bits per heavy atom. The number of hydrogen-bond acceptors (Lipinski definition) is 2. The van der Waals surface area contributed by atoms with Gasteiger partial charge in [0.2, 0.25) is 0 Å². The van der Waals surface area contributed by atoms with Gasteiger partial charge in [0.25, 0.3) is 5.56 Å². The number of rotatable bonds is 4. The third kappa shape index (κ3) is 3.27. The first kappa shape index (κ1) is 11.5. The molecule has 0 aliphatic rings. The van der Waals surface area contributed by atoms with E-state index in [-0.39, 0.29) is 5.56 Å². The molecule has 0 amide bonds. The number of aromatic nitrogens is 1. The molecule has 78 valence electrons. The standard InChI is InChI=1S/C10H14BrNO2/c1-8(7-14-2)6-12-4-3-9(11)5-10(12)13/h3-5,8H,6-7H2,1-2H3. The molecule has 0 spiro atoms. The van der Waals surface area contributed by atoms with Crippen LogP contribution in [-0.4, -0.2) is 18.3 Å². The molecule has 0 N–H and O–H groups in total. The van der Waals surface area contributed by atoms with E-state index < -0.39 is 0 Å². The number of pyridine rings is 1. The molecule has 0 fully saturated rings. The molecule has 1 rings (SSSR count). The first-order valence-corrected chi connectivity index (χ1v) is 5.27. The van der Waals surface area contributed by atoms with Gasteiger partial charge >= 0.3 is 0 Å². The Bertz CT molecular complexity index is 348. The summed E-state index contributed by atoms with van der Waals surface area (Å²) in [6.07, 6.45) is 1.79. The lowest BCUT2D eigenvalue weighted by molar-refractivity contribution is 0.151. The van der Waals surface area contributed by atoms with Crippen molar-refractivity contribution in [2.75, 3.05) is 13.7 Å². The van der Waals surface area contributed by atoms with Crippen LogP contribution in [0.15, 0.2) is 27.6 Å². The average Bonchev–Trinajstić information content (AvgIpc) is 2.10. The summed E-state index contributed by atoms with van der Waals surface area (Å²) in [4.78, 5) is 11.5. The minimum Gasteiger partial charge on any atom is -0.384 e. The first-order chi connectivity index (χ1) is 6.63. The minimum atomic E-state index is 0.0160. The molecule has 0 aliphatic heterocycles. The van der Waals surface area contributed by atoms with E-state index in [0.29, 0.717) is 19.1 Å². The van der Waals surface area contributed by atoms with Gasteiger partial charge in [-0.3, -0.25) is 4.79 Å². The molecule has 1 aromatic rings. The highest BCUT2D eigenvalue weighted by Crippen LogP contribution is 2.05. The van der Waals surface area contributed by atoms with Crippen molar-refractivity contribution in [2.24, 2.45) is 5.92 Å². The fraction of sp³-hybridized carbons (Fsp3) is 0.500. The third-order valence-corrected chi connectivity index (χ3v) is 2.41. The molecule has 3 nitrogen and oxygen atoms in total. The lowest BCUT2D eigenvalue weighted by Gasteiger charge is -2.11. The van der Waals surface area contributed by atoms with Crippen LogP contribution >= 0.6 is 15.9 Å². The second-order valence-corrected chi connectivity index (χ2v) is 4.31. The Morgan fingerprint density at radius 2 is 2.36 bits per heavy atom. The summed E-state index contributed by atoms with van der Waals surface area (Å²) in [6.45, 7) is 3.42. The predicted octanol–water partition coefficient (Wildman–Crippen LogP) is 1.89. The maximum Gasteiger partial charge on any atom is 0.251 e. The van der Waals surface area contributed by atoms with Crippen molar-refractivity contribution in [3.8, 4) is 0 Å². The Balaban J connectivity index is 2.72. The number of hydrogen-bond donors (Lipinski definition) is 0. The van der Waals surface area contributed by atoms with E-state index in [1.54, 1.807) is 23.9 Å². The van der Waals surface area contributed by atoms with Crippen LogP contribution in [0.2, 0.25) is 0 Å². The van der Waals surface area contributed by atoms with Gasteiger partial charge in [-0.1, -0.05) is 22.9 Å². The molecule has 14 heavy (non-hydrogen) atoms. The molecule has 0 radical (unpaired) electrons. The van der Waals surface area contributed by atoms with E-state index in [1.807, 2.05) is 6.07 Å². The summed E-state index contributed by atoms with van der Waals surface area (Å²) in [5, 5.41) is 0. The topological polar surface area (TPSA) is 31.2 Å². The van der Waals surface area contributed by atoms with Crippen molar-refractivity contribution < 1.29 is 4.74 Å². The second-order valence-electron chi connectivity index (χ2n) is 3.40. The molecule has 0 bridgehead atoms. The van der Waals surface area contributed by atoms with Crippen molar-refractivity contribution in [3.05, 3.63) is 33.2 Å². The molecule has 0 saturated heterocycles. The van der Waals surface area contributed by atoms with Gasteiger partial charge in [0, 0.05) is 30.4 Å². The average molecular weight is 260 g/mol. The number of ether oxygens (including phenoxy) is 1. The van der Waals surface area contributed by atoms with Crippen LogP contribution in [0.1, 0.15) is 6.92 Å². The molecule has 1 unspecified atom stereocenters. The van der Waals surface area contributed by atoms with Crippen molar-refractivity contribution in [3.63, 3.8) is 0 Å². The monoisotopic (exact) mass is 259 g/mol. The molecule has 0 aliphatic carbocycles. The van der Waals surface area contributed by atoms with Gasteiger partial charge in [0.15, 0.2) is 0 Å².